The number of rotatable bonds is 4. The lowest BCUT2D eigenvalue weighted by Crippen LogP contribution is -1.90. The van der Waals surface area contributed by atoms with E-state index in [2.05, 4.69) is 25.2 Å². The molecule has 0 aliphatic heterocycles. The molecule has 4 heterocycles. The van der Waals surface area contributed by atoms with Gasteiger partial charge in [-0.25, -0.2) is 9.50 Å². The average molecular weight is 314 g/mol. The standard InChI is InChI=1S/C13H10N6O2S/c1-8(11-15-10(18-21-11)9-4-2-7-20-9)22-13-16-12-14-5-3-6-19(12)17-13/h2-8H,1H3/t8-/m1/s1. The summed E-state index contributed by atoms with van der Waals surface area (Å²) >= 11 is 1.42. The highest BCUT2D eigenvalue weighted by molar-refractivity contribution is 7.99. The molecular formula is C13H10N6O2S. The molecule has 8 nitrogen and oxygen atoms in total. The highest BCUT2D eigenvalue weighted by Gasteiger charge is 2.19. The van der Waals surface area contributed by atoms with Gasteiger partial charge in [0.15, 0.2) is 5.76 Å². The second-order valence-corrected chi connectivity index (χ2v) is 5.76. The summed E-state index contributed by atoms with van der Waals surface area (Å²) in [6, 6.07) is 5.35. The number of furan rings is 1. The summed E-state index contributed by atoms with van der Waals surface area (Å²) in [5.41, 5.74) is 0. The lowest BCUT2D eigenvalue weighted by molar-refractivity contribution is 0.379. The van der Waals surface area contributed by atoms with E-state index in [0.717, 1.165) is 0 Å². The van der Waals surface area contributed by atoms with E-state index in [4.69, 9.17) is 8.94 Å². The summed E-state index contributed by atoms with van der Waals surface area (Å²) < 4.78 is 12.1. The van der Waals surface area contributed by atoms with E-state index in [0.29, 0.717) is 28.4 Å². The maximum absolute atomic E-state index is 5.28. The van der Waals surface area contributed by atoms with Crippen LogP contribution in [0.5, 0.6) is 0 Å². The Hall–Kier alpha value is -2.68. The first kappa shape index (κ1) is 13.0. The number of hydrogen-bond donors (Lipinski definition) is 0. The van der Waals surface area contributed by atoms with Gasteiger partial charge in [0.25, 0.3) is 5.78 Å². The van der Waals surface area contributed by atoms with Gasteiger partial charge in [-0.1, -0.05) is 16.9 Å². The Morgan fingerprint density at radius 1 is 1.27 bits per heavy atom. The Kier molecular flexibility index (Phi) is 3.11. The molecule has 0 aliphatic carbocycles. The SMILES string of the molecule is C[C@@H](Sc1nc2ncccn2n1)c1nc(-c2ccco2)no1. The number of fused-ring (bicyclic) bond motifs is 1. The van der Waals surface area contributed by atoms with Gasteiger partial charge in [-0.15, -0.1) is 5.10 Å². The molecule has 0 aromatic carbocycles. The molecule has 0 bridgehead atoms. The molecule has 110 valence electrons. The van der Waals surface area contributed by atoms with Gasteiger partial charge in [0.1, 0.15) is 0 Å². The van der Waals surface area contributed by atoms with Gasteiger partial charge < -0.3 is 8.94 Å². The molecule has 4 aromatic heterocycles. The summed E-state index contributed by atoms with van der Waals surface area (Å²) in [5.74, 6) is 2.04. The molecule has 0 spiro atoms. The Morgan fingerprint density at radius 2 is 2.23 bits per heavy atom. The van der Waals surface area contributed by atoms with Crippen molar-refractivity contribution in [2.45, 2.75) is 17.3 Å². The van der Waals surface area contributed by atoms with Crippen LogP contribution in [0.25, 0.3) is 17.4 Å². The maximum Gasteiger partial charge on any atom is 0.253 e. The first-order valence-corrected chi connectivity index (χ1v) is 7.39. The van der Waals surface area contributed by atoms with E-state index in [1.807, 2.05) is 6.92 Å². The molecule has 0 aliphatic rings. The van der Waals surface area contributed by atoms with Crippen molar-refractivity contribution in [3.05, 3.63) is 42.7 Å². The summed E-state index contributed by atoms with van der Waals surface area (Å²) in [6.07, 6.45) is 5.04. The van der Waals surface area contributed by atoms with Crippen LogP contribution in [0, 0.1) is 0 Å². The van der Waals surface area contributed by atoms with E-state index in [-0.39, 0.29) is 5.25 Å². The summed E-state index contributed by atoms with van der Waals surface area (Å²) in [4.78, 5) is 12.8. The lowest BCUT2D eigenvalue weighted by atomic mass is 10.4. The largest absolute Gasteiger partial charge is 0.461 e. The molecule has 0 N–H and O–H groups in total. The number of nitrogens with zero attached hydrogens (tertiary/aromatic N) is 6. The normalized spacial score (nSPS) is 12.8. The third-order valence-corrected chi connectivity index (χ3v) is 3.85. The summed E-state index contributed by atoms with van der Waals surface area (Å²) in [6.45, 7) is 1.95. The van der Waals surface area contributed by atoms with Crippen LogP contribution in [0.2, 0.25) is 0 Å². The van der Waals surface area contributed by atoms with Crippen molar-refractivity contribution in [3.8, 4) is 11.6 Å². The van der Waals surface area contributed by atoms with E-state index in [1.165, 1.54) is 11.8 Å². The van der Waals surface area contributed by atoms with Crippen molar-refractivity contribution in [3.63, 3.8) is 0 Å². The second kappa shape index (κ2) is 5.26. The maximum atomic E-state index is 5.28. The molecule has 0 amide bonds. The molecule has 0 fully saturated rings. The smallest absolute Gasteiger partial charge is 0.253 e. The summed E-state index contributed by atoms with van der Waals surface area (Å²) in [7, 11) is 0. The van der Waals surface area contributed by atoms with E-state index < -0.39 is 0 Å². The van der Waals surface area contributed by atoms with Crippen molar-refractivity contribution in [2.75, 3.05) is 0 Å². The number of hydrogen-bond acceptors (Lipinski definition) is 8. The van der Waals surface area contributed by atoms with Crippen molar-refractivity contribution in [1.29, 1.82) is 0 Å². The van der Waals surface area contributed by atoms with Crippen molar-refractivity contribution >= 4 is 17.5 Å². The molecule has 1 atom stereocenters. The van der Waals surface area contributed by atoms with Gasteiger partial charge >= 0.3 is 0 Å². The first-order valence-electron chi connectivity index (χ1n) is 6.51. The predicted molar refractivity (Wildman–Crippen MR) is 77.1 cm³/mol. The highest BCUT2D eigenvalue weighted by Crippen LogP contribution is 2.32. The van der Waals surface area contributed by atoms with Crippen LogP contribution in [0.1, 0.15) is 18.1 Å². The minimum Gasteiger partial charge on any atom is -0.461 e. The quantitative estimate of drug-likeness (QED) is 0.530. The van der Waals surface area contributed by atoms with Gasteiger partial charge in [-0.05, 0) is 25.1 Å². The van der Waals surface area contributed by atoms with Gasteiger partial charge in [0, 0.05) is 12.4 Å². The molecule has 4 rings (SSSR count). The Bertz CT molecular complexity index is 867. The zero-order chi connectivity index (χ0) is 14.9. The number of thioether (sulfide) groups is 1. The molecule has 0 saturated carbocycles. The van der Waals surface area contributed by atoms with Crippen LogP contribution in [-0.2, 0) is 0 Å². The van der Waals surface area contributed by atoms with Gasteiger partial charge in [-0.3, -0.25) is 0 Å². The van der Waals surface area contributed by atoms with Crippen LogP contribution in [0.3, 0.4) is 0 Å². The van der Waals surface area contributed by atoms with Crippen molar-refractivity contribution in [2.24, 2.45) is 0 Å². The molecule has 9 heteroatoms. The fourth-order valence-electron chi connectivity index (χ4n) is 1.88. The van der Waals surface area contributed by atoms with Crippen LogP contribution < -0.4 is 0 Å². The topological polar surface area (TPSA) is 95.1 Å². The Morgan fingerprint density at radius 3 is 3.05 bits per heavy atom. The van der Waals surface area contributed by atoms with Gasteiger partial charge in [0.2, 0.25) is 16.9 Å². The molecule has 0 saturated heterocycles. The Balaban J connectivity index is 1.55. The predicted octanol–water partition coefficient (Wildman–Crippen LogP) is 2.62. The zero-order valence-electron chi connectivity index (χ0n) is 11.4. The van der Waals surface area contributed by atoms with E-state index >= 15 is 0 Å². The van der Waals surface area contributed by atoms with Gasteiger partial charge in [-0.2, -0.15) is 9.97 Å². The highest BCUT2D eigenvalue weighted by atomic mass is 32.2. The first-order chi connectivity index (χ1) is 10.8. The van der Waals surface area contributed by atoms with E-state index in [9.17, 15) is 0 Å². The number of aromatic nitrogens is 6. The molecule has 22 heavy (non-hydrogen) atoms. The van der Waals surface area contributed by atoms with Gasteiger partial charge in [0.05, 0.1) is 11.5 Å². The summed E-state index contributed by atoms with van der Waals surface area (Å²) in [5, 5.41) is 8.76. The fourth-order valence-corrected chi connectivity index (χ4v) is 2.66. The monoisotopic (exact) mass is 314 g/mol. The minimum absolute atomic E-state index is 0.0892. The second-order valence-electron chi connectivity index (χ2n) is 4.45. The van der Waals surface area contributed by atoms with Crippen LogP contribution in [0.4, 0.5) is 0 Å². The van der Waals surface area contributed by atoms with Crippen molar-refractivity contribution in [1.82, 2.24) is 29.7 Å². The van der Waals surface area contributed by atoms with Crippen molar-refractivity contribution < 1.29 is 8.94 Å². The van der Waals surface area contributed by atoms with Crippen LogP contribution in [-0.4, -0.2) is 29.7 Å². The zero-order valence-corrected chi connectivity index (χ0v) is 12.3. The fraction of sp³-hybridized carbons (Fsp3) is 0.154. The minimum atomic E-state index is -0.0892. The Labute approximate surface area is 128 Å². The lowest BCUT2D eigenvalue weighted by Gasteiger charge is -2.00. The molecular weight excluding hydrogens is 304 g/mol. The molecule has 0 unspecified atom stereocenters. The molecule has 0 radical (unpaired) electrons. The van der Waals surface area contributed by atoms with E-state index in [1.54, 1.807) is 41.4 Å². The van der Waals surface area contributed by atoms with Crippen LogP contribution in [0.15, 0.2) is 51.0 Å². The van der Waals surface area contributed by atoms with Crippen LogP contribution >= 0.6 is 11.8 Å². The molecule has 4 aromatic rings. The third-order valence-electron chi connectivity index (χ3n) is 2.91. The third kappa shape index (κ3) is 2.35. The average Bonchev–Trinajstić information content (AvgIpc) is 3.26.